The third-order valence-corrected chi connectivity index (χ3v) is 1.62. The van der Waals surface area contributed by atoms with E-state index < -0.39 is 11.8 Å². The summed E-state index contributed by atoms with van der Waals surface area (Å²) in [6, 6.07) is 3.52. The number of carboxylic acids is 1. The minimum Gasteiger partial charge on any atom is -0.492 e. The topological polar surface area (TPSA) is 70.3 Å². The minimum absolute atomic E-state index is 0.134. The maximum atomic E-state index is 13.1. The first-order valence-electron chi connectivity index (χ1n) is 3.61. The number of nitriles is 1. The summed E-state index contributed by atoms with van der Waals surface area (Å²) in [6.45, 7) is 0. The van der Waals surface area contributed by atoms with E-state index in [0.29, 0.717) is 0 Å². The minimum atomic E-state index is -1.29. The van der Waals surface area contributed by atoms with Crippen LogP contribution in [0.15, 0.2) is 12.1 Å². The van der Waals surface area contributed by atoms with Crippen molar-refractivity contribution in [1.82, 2.24) is 0 Å². The number of nitrogens with zero attached hydrogens (tertiary/aromatic N) is 1. The Hall–Kier alpha value is -2.09. The van der Waals surface area contributed by atoms with Crippen LogP contribution in [0.5, 0.6) is 5.75 Å². The molecule has 0 radical (unpaired) electrons. The second-order valence-electron chi connectivity index (χ2n) is 2.46. The van der Waals surface area contributed by atoms with Crippen molar-refractivity contribution in [3.05, 3.63) is 29.1 Å². The van der Waals surface area contributed by atoms with Crippen LogP contribution in [0, 0.1) is 17.1 Å². The molecule has 0 aliphatic carbocycles. The number of carbonyl (C=O) groups is 1. The maximum Gasteiger partial charge on any atom is 0.335 e. The van der Waals surface area contributed by atoms with E-state index in [1.54, 1.807) is 6.07 Å². The van der Waals surface area contributed by atoms with Crippen LogP contribution in [-0.2, 0) is 0 Å². The van der Waals surface area contributed by atoms with E-state index in [-0.39, 0.29) is 16.9 Å². The number of ether oxygens (including phenoxy) is 1. The van der Waals surface area contributed by atoms with E-state index in [2.05, 4.69) is 4.74 Å². The Morgan fingerprint density at radius 3 is 2.71 bits per heavy atom. The van der Waals surface area contributed by atoms with Gasteiger partial charge in [-0.3, -0.25) is 0 Å². The molecule has 0 heterocycles. The van der Waals surface area contributed by atoms with Crippen molar-refractivity contribution in [2.75, 3.05) is 7.11 Å². The third-order valence-electron chi connectivity index (χ3n) is 1.62. The molecule has 0 bridgehead atoms. The van der Waals surface area contributed by atoms with E-state index in [4.69, 9.17) is 10.4 Å². The van der Waals surface area contributed by atoms with E-state index in [1.807, 2.05) is 0 Å². The molecule has 14 heavy (non-hydrogen) atoms. The summed E-state index contributed by atoms with van der Waals surface area (Å²) in [5.74, 6) is -2.38. The van der Waals surface area contributed by atoms with Crippen LogP contribution in [0.2, 0.25) is 0 Å². The van der Waals surface area contributed by atoms with Gasteiger partial charge in [-0.2, -0.15) is 5.26 Å². The summed E-state index contributed by atoms with van der Waals surface area (Å²) < 4.78 is 17.7. The van der Waals surface area contributed by atoms with Crippen LogP contribution >= 0.6 is 0 Å². The second kappa shape index (κ2) is 3.75. The van der Waals surface area contributed by atoms with Gasteiger partial charge in [-0.1, -0.05) is 0 Å². The Morgan fingerprint density at radius 2 is 2.29 bits per heavy atom. The first-order valence-corrected chi connectivity index (χ1v) is 3.61. The lowest BCUT2D eigenvalue weighted by molar-refractivity contribution is 0.0696. The molecule has 0 saturated heterocycles. The highest BCUT2D eigenvalue weighted by molar-refractivity contribution is 5.88. The molecule has 0 aliphatic heterocycles. The average Bonchev–Trinajstić information content (AvgIpc) is 2.16. The number of benzene rings is 1. The smallest absolute Gasteiger partial charge is 0.335 e. The quantitative estimate of drug-likeness (QED) is 0.774. The molecule has 0 aromatic heterocycles. The van der Waals surface area contributed by atoms with Crippen molar-refractivity contribution in [3.8, 4) is 11.8 Å². The molecule has 5 heteroatoms. The molecule has 0 spiro atoms. The molecule has 0 saturated carbocycles. The van der Waals surface area contributed by atoms with Gasteiger partial charge in [-0.15, -0.1) is 0 Å². The summed E-state index contributed by atoms with van der Waals surface area (Å²) in [4.78, 5) is 10.5. The summed E-state index contributed by atoms with van der Waals surface area (Å²) >= 11 is 0. The Bertz CT molecular complexity index is 423. The second-order valence-corrected chi connectivity index (χ2v) is 2.46. The van der Waals surface area contributed by atoms with Gasteiger partial charge >= 0.3 is 5.97 Å². The van der Waals surface area contributed by atoms with Gasteiger partial charge < -0.3 is 9.84 Å². The molecule has 1 aromatic carbocycles. The Labute approximate surface area is 79.2 Å². The fourth-order valence-electron chi connectivity index (χ4n) is 1.01. The molecule has 0 atom stereocenters. The molecule has 1 N–H and O–H groups in total. The number of carboxylic acid groups (broad SMARTS) is 1. The van der Waals surface area contributed by atoms with E-state index in [1.165, 1.54) is 7.11 Å². The summed E-state index contributed by atoms with van der Waals surface area (Å²) in [5.41, 5.74) is -0.412. The van der Waals surface area contributed by atoms with E-state index >= 15 is 0 Å². The zero-order chi connectivity index (χ0) is 10.7. The molecular formula is C9H6FNO3. The Morgan fingerprint density at radius 1 is 1.64 bits per heavy atom. The first-order chi connectivity index (χ1) is 6.60. The normalized spacial score (nSPS) is 9.21. The SMILES string of the molecule is COc1c(F)cc(C(=O)O)cc1C#N. The van der Waals surface area contributed by atoms with Crippen molar-refractivity contribution >= 4 is 5.97 Å². The van der Waals surface area contributed by atoms with Crippen LogP contribution in [0.25, 0.3) is 0 Å². The monoisotopic (exact) mass is 195 g/mol. The number of aromatic carboxylic acids is 1. The fraction of sp³-hybridized carbons (Fsp3) is 0.111. The van der Waals surface area contributed by atoms with Gasteiger partial charge in [-0.05, 0) is 12.1 Å². The molecule has 1 rings (SSSR count). The molecule has 0 fully saturated rings. The lowest BCUT2D eigenvalue weighted by Crippen LogP contribution is -2.00. The standard InChI is InChI=1S/C9H6FNO3/c1-14-8-6(4-11)2-5(9(12)13)3-7(8)10/h2-3H,1H3,(H,12,13). The third kappa shape index (κ3) is 1.64. The highest BCUT2D eigenvalue weighted by Crippen LogP contribution is 2.23. The average molecular weight is 195 g/mol. The largest absolute Gasteiger partial charge is 0.492 e. The Kier molecular flexibility index (Phi) is 2.67. The molecule has 0 aliphatic rings. The van der Waals surface area contributed by atoms with Crippen molar-refractivity contribution < 1.29 is 19.0 Å². The van der Waals surface area contributed by atoms with Crippen molar-refractivity contribution in [2.24, 2.45) is 0 Å². The van der Waals surface area contributed by atoms with Crippen molar-refractivity contribution in [3.63, 3.8) is 0 Å². The highest BCUT2D eigenvalue weighted by Gasteiger charge is 2.14. The predicted octanol–water partition coefficient (Wildman–Crippen LogP) is 1.40. The predicted molar refractivity (Wildman–Crippen MR) is 44.6 cm³/mol. The molecule has 1 aromatic rings. The van der Waals surface area contributed by atoms with Gasteiger partial charge in [0.1, 0.15) is 6.07 Å². The lowest BCUT2D eigenvalue weighted by atomic mass is 10.1. The number of rotatable bonds is 2. The Balaban J connectivity index is 3.41. The number of hydrogen-bond acceptors (Lipinski definition) is 3. The molecular weight excluding hydrogens is 189 g/mol. The van der Waals surface area contributed by atoms with Crippen LogP contribution in [0.1, 0.15) is 15.9 Å². The highest BCUT2D eigenvalue weighted by atomic mass is 19.1. The lowest BCUT2D eigenvalue weighted by Gasteiger charge is -2.04. The molecule has 0 amide bonds. The van der Waals surface area contributed by atoms with Crippen LogP contribution in [0.3, 0.4) is 0 Å². The summed E-state index contributed by atoms with van der Waals surface area (Å²) in [5, 5.41) is 17.2. The van der Waals surface area contributed by atoms with E-state index in [9.17, 15) is 9.18 Å². The van der Waals surface area contributed by atoms with Crippen molar-refractivity contribution in [1.29, 1.82) is 5.26 Å². The van der Waals surface area contributed by atoms with Gasteiger partial charge in [0.15, 0.2) is 11.6 Å². The summed E-state index contributed by atoms with van der Waals surface area (Å²) in [7, 11) is 1.21. The number of methoxy groups -OCH3 is 1. The van der Waals surface area contributed by atoms with E-state index in [0.717, 1.165) is 12.1 Å². The molecule has 0 unspecified atom stereocenters. The zero-order valence-electron chi connectivity index (χ0n) is 7.24. The summed E-state index contributed by atoms with van der Waals surface area (Å²) in [6.07, 6.45) is 0. The van der Waals surface area contributed by atoms with Gasteiger partial charge in [0.05, 0.1) is 18.2 Å². The fourth-order valence-corrected chi connectivity index (χ4v) is 1.01. The maximum absolute atomic E-state index is 13.1. The van der Waals surface area contributed by atoms with Crippen LogP contribution in [-0.4, -0.2) is 18.2 Å². The van der Waals surface area contributed by atoms with Crippen molar-refractivity contribution in [2.45, 2.75) is 0 Å². The van der Waals surface area contributed by atoms with Gasteiger partial charge in [0.2, 0.25) is 0 Å². The van der Waals surface area contributed by atoms with Gasteiger partial charge in [0, 0.05) is 0 Å². The number of halogens is 1. The first kappa shape index (κ1) is 9.99. The molecule has 4 nitrogen and oxygen atoms in total. The van der Waals surface area contributed by atoms with Crippen LogP contribution < -0.4 is 4.74 Å². The van der Waals surface area contributed by atoms with Gasteiger partial charge in [-0.25, -0.2) is 9.18 Å². The van der Waals surface area contributed by atoms with Crippen LogP contribution in [0.4, 0.5) is 4.39 Å². The number of hydrogen-bond donors (Lipinski definition) is 1. The molecule has 72 valence electrons. The zero-order valence-corrected chi connectivity index (χ0v) is 7.24. The van der Waals surface area contributed by atoms with Gasteiger partial charge in [0.25, 0.3) is 0 Å².